The topological polar surface area (TPSA) is 89.7 Å². The second-order valence-electron chi connectivity index (χ2n) is 4.17. The van der Waals surface area contributed by atoms with Gasteiger partial charge < -0.3 is 9.84 Å². The molecule has 0 radical (unpaired) electrons. The zero-order valence-electron chi connectivity index (χ0n) is 10.7. The van der Waals surface area contributed by atoms with E-state index in [0.29, 0.717) is 0 Å². The fourth-order valence-corrected chi connectivity index (χ4v) is 1.75. The second kappa shape index (κ2) is 6.00. The molecule has 7 heteroatoms. The lowest BCUT2D eigenvalue weighted by Crippen LogP contribution is -2.03. The number of rotatable bonds is 5. The predicted octanol–water partition coefficient (Wildman–Crippen LogP) is 3.01. The molecule has 2 aromatic carbocycles. The van der Waals surface area contributed by atoms with Gasteiger partial charge in [0.25, 0.3) is 0 Å². The van der Waals surface area contributed by atoms with Crippen LogP contribution in [0, 0.1) is 15.9 Å². The van der Waals surface area contributed by atoms with Gasteiger partial charge in [-0.25, -0.2) is 9.18 Å². The Morgan fingerprint density at radius 2 is 2.00 bits per heavy atom. The van der Waals surface area contributed by atoms with Gasteiger partial charge in [-0.15, -0.1) is 0 Å². The Balaban J connectivity index is 2.21. The molecule has 0 aliphatic rings. The third kappa shape index (κ3) is 3.53. The van der Waals surface area contributed by atoms with Crippen molar-refractivity contribution in [3.8, 4) is 5.75 Å². The third-order valence-corrected chi connectivity index (χ3v) is 2.66. The van der Waals surface area contributed by atoms with Crippen LogP contribution in [0.2, 0.25) is 0 Å². The lowest BCUT2D eigenvalue weighted by Gasteiger charge is -2.07. The first-order valence-corrected chi connectivity index (χ1v) is 5.86. The van der Waals surface area contributed by atoms with Gasteiger partial charge in [0.15, 0.2) is 5.75 Å². The molecule has 0 fully saturated rings. The van der Waals surface area contributed by atoms with E-state index in [9.17, 15) is 19.3 Å². The van der Waals surface area contributed by atoms with Crippen LogP contribution < -0.4 is 4.74 Å². The molecular weight excluding hydrogens is 281 g/mol. The molecule has 21 heavy (non-hydrogen) atoms. The number of halogens is 1. The maximum Gasteiger partial charge on any atom is 0.335 e. The number of nitro groups is 1. The Labute approximate surface area is 118 Å². The van der Waals surface area contributed by atoms with E-state index >= 15 is 0 Å². The van der Waals surface area contributed by atoms with Gasteiger partial charge in [0, 0.05) is 6.07 Å². The van der Waals surface area contributed by atoms with Gasteiger partial charge in [0.1, 0.15) is 12.4 Å². The van der Waals surface area contributed by atoms with Crippen LogP contribution in [0.4, 0.5) is 10.1 Å². The number of nitrogens with zero attached hydrogens (tertiary/aromatic N) is 1. The first-order valence-electron chi connectivity index (χ1n) is 5.86. The smallest absolute Gasteiger partial charge is 0.335 e. The first-order chi connectivity index (χ1) is 9.97. The number of carboxylic acid groups (broad SMARTS) is 1. The Hall–Kier alpha value is -2.96. The van der Waals surface area contributed by atoms with E-state index < -0.39 is 16.7 Å². The minimum atomic E-state index is -1.26. The first kappa shape index (κ1) is 14.4. The standard InChI is InChI=1S/C14H10FNO5/c15-11-6-9(5-10(7-11)14(17)18)8-21-13-4-2-1-3-12(13)16(19)20/h1-7H,8H2,(H,17,18). The van der Waals surface area contributed by atoms with Crippen LogP contribution in [0.25, 0.3) is 0 Å². The lowest BCUT2D eigenvalue weighted by atomic mass is 10.1. The number of para-hydroxylation sites is 2. The number of nitro benzene ring substituents is 1. The summed E-state index contributed by atoms with van der Waals surface area (Å²) in [6, 6.07) is 9.00. The Morgan fingerprint density at radius 1 is 1.29 bits per heavy atom. The van der Waals surface area contributed by atoms with Crippen molar-refractivity contribution in [1.29, 1.82) is 0 Å². The van der Waals surface area contributed by atoms with E-state index in [-0.39, 0.29) is 29.2 Å². The van der Waals surface area contributed by atoms with E-state index in [2.05, 4.69) is 0 Å². The van der Waals surface area contributed by atoms with E-state index in [1.54, 1.807) is 6.07 Å². The number of hydrogen-bond acceptors (Lipinski definition) is 4. The van der Waals surface area contributed by atoms with Crippen LogP contribution in [0.3, 0.4) is 0 Å². The number of carboxylic acids is 1. The highest BCUT2D eigenvalue weighted by Gasteiger charge is 2.14. The van der Waals surface area contributed by atoms with Crippen molar-refractivity contribution >= 4 is 11.7 Å². The molecule has 0 saturated heterocycles. The fraction of sp³-hybridized carbons (Fsp3) is 0.0714. The van der Waals surface area contributed by atoms with Gasteiger partial charge >= 0.3 is 11.7 Å². The van der Waals surface area contributed by atoms with Crippen molar-refractivity contribution in [2.24, 2.45) is 0 Å². The van der Waals surface area contributed by atoms with Crippen LogP contribution in [-0.4, -0.2) is 16.0 Å². The van der Waals surface area contributed by atoms with Crippen LogP contribution >= 0.6 is 0 Å². The van der Waals surface area contributed by atoms with E-state index in [4.69, 9.17) is 9.84 Å². The summed E-state index contributed by atoms with van der Waals surface area (Å²) in [5.41, 5.74) is -0.158. The SMILES string of the molecule is O=C(O)c1cc(F)cc(COc2ccccc2[N+](=O)[O-])c1. The van der Waals surface area contributed by atoms with Gasteiger partial charge in [0.05, 0.1) is 10.5 Å². The Kier molecular flexibility index (Phi) is 4.13. The van der Waals surface area contributed by atoms with Crippen molar-refractivity contribution in [2.75, 3.05) is 0 Å². The van der Waals surface area contributed by atoms with E-state index in [1.165, 1.54) is 24.3 Å². The third-order valence-electron chi connectivity index (χ3n) is 2.66. The largest absolute Gasteiger partial charge is 0.482 e. The van der Waals surface area contributed by atoms with Crippen LogP contribution in [0.5, 0.6) is 5.75 Å². The summed E-state index contributed by atoms with van der Waals surface area (Å²) in [5, 5.41) is 19.7. The summed E-state index contributed by atoms with van der Waals surface area (Å²) >= 11 is 0. The molecule has 0 amide bonds. The molecule has 0 aromatic heterocycles. The van der Waals surface area contributed by atoms with Crippen LogP contribution in [-0.2, 0) is 6.61 Å². The zero-order valence-corrected chi connectivity index (χ0v) is 10.7. The summed E-state index contributed by atoms with van der Waals surface area (Å²) < 4.78 is 18.6. The average molecular weight is 291 g/mol. The molecule has 108 valence electrons. The molecule has 2 rings (SSSR count). The molecule has 0 atom stereocenters. The number of carbonyl (C=O) groups is 1. The Bertz CT molecular complexity index is 702. The molecule has 0 unspecified atom stereocenters. The second-order valence-corrected chi connectivity index (χ2v) is 4.17. The zero-order chi connectivity index (χ0) is 15.4. The lowest BCUT2D eigenvalue weighted by molar-refractivity contribution is -0.385. The molecule has 0 heterocycles. The van der Waals surface area contributed by atoms with Crippen molar-refractivity contribution in [2.45, 2.75) is 6.61 Å². The van der Waals surface area contributed by atoms with Gasteiger partial charge in [-0.2, -0.15) is 0 Å². The van der Waals surface area contributed by atoms with Crippen molar-refractivity contribution in [3.05, 3.63) is 69.5 Å². The van der Waals surface area contributed by atoms with Gasteiger partial charge in [-0.05, 0) is 29.8 Å². The maximum atomic E-state index is 13.3. The summed E-state index contributed by atoms with van der Waals surface area (Å²) in [7, 11) is 0. The van der Waals surface area contributed by atoms with Gasteiger partial charge in [0.2, 0.25) is 0 Å². The van der Waals surface area contributed by atoms with E-state index in [0.717, 1.165) is 12.1 Å². The number of ether oxygens (including phenoxy) is 1. The molecule has 0 spiro atoms. The molecule has 0 saturated carbocycles. The Morgan fingerprint density at radius 3 is 2.67 bits per heavy atom. The van der Waals surface area contributed by atoms with Gasteiger partial charge in [-0.3, -0.25) is 10.1 Å². The van der Waals surface area contributed by atoms with Gasteiger partial charge in [-0.1, -0.05) is 12.1 Å². The highest BCUT2D eigenvalue weighted by molar-refractivity contribution is 5.87. The molecule has 2 aromatic rings. The fourth-order valence-electron chi connectivity index (χ4n) is 1.75. The molecular formula is C14H10FNO5. The van der Waals surface area contributed by atoms with Crippen LogP contribution in [0.1, 0.15) is 15.9 Å². The molecule has 6 nitrogen and oxygen atoms in total. The summed E-state index contributed by atoms with van der Waals surface area (Å²) in [4.78, 5) is 21.1. The number of benzene rings is 2. The summed E-state index contributed by atoms with van der Waals surface area (Å²) in [5.74, 6) is -1.94. The molecule has 0 aliphatic carbocycles. The quantitative estimate of drug-likeness (QED) is 0.675. The van der Waals surface area contributed by atoms with Crippen molar-refractivity contribution in [3.63, 3.8) is 0 Å². The number of hydrogen-bond donors (Lipinski definition) is 1. The molecule has 1 N–H and O–H groups in total. The molecule has 0 aliphatic heterocycles. The normalized spacial score (nSPS) is 10.1. The van der Waals surface area contributed by atoms with Crippen molar-refractivity contribution < 1.29 is 24.0 Å². The number of aromatic carboxylic acids is 1. The van der Waals surface area contributed by atoms with Crippen LogP contribution in [0.15, 0.2) is 42.5 Å². The average Bonchev–Trinajstić information content (AvgIpc) is 2.44. The minimum absolute atomic E-state index is 0.0311. The van der Waals surface area contributed by atoms with Crippen molar-refractivity contribution in [1.82, 2.24) is 0 Å². The summed E-state index contributed by atoms with van der Waals surface area (Å²) in [6.45, 7) is -0.178. The minimum Gasteiger partial charge on any atom is -0.482 e. The highest BCUT2D eigenvalue weighted by Crippen LogP contribution is 2.26. The molecule has 0 bridgehead atoms. The highest BCUT2D eigenvalue weighted by atomic mass is 19.1. The predicted molar refractivity (Wildman–Crippen MR) is 70.8 cm³/mol. The monoisotopic (exact) mass is 291 g/mol. The maximum absolute atomic E-state index is 13.3. The summed E-state index contributed by atoms with van der Waals surface area (Å²) in [6.07, 6.45) is 0. The van der Waals surface area contributed by atoms with E-state index in [1.807, 2.05) is 0 Å².